The van der Waals surface area contributed by atoms with Crippen LogP contribution in [-0.2, 0) is 9.53 Å². The Bertz CT molecular complexity index is 113. The summed E-state index contributed by atoms with van der Waals surface area (Å²) < 4.78 is 4.83. The smallest absolute Gasteiger partial charge is 0.293 e. The fraction of sp³-hybridized carbons (Fsp3) is 0.571. The zero-order chi connectivity index (χ0) is 6.74. The lowest BCUT2D eigenvalue weighted by Gasteiger charge is -2.08. The van der Waals surface area contributed by atoms with Gasteiger partial charge in [-0.25, -0.2) is 0 Å². The third-order valence-electron chi connectivity index (χ3n) is 1.62. The van der Waals surface area contributed by atoms with Crippen LogP contribution in [0.15, 0.2) is 12.7 Å². The molecule has 0 bridgehead atoms. The van der Waals surface area contributed by atoms with Crippen molar-refractivity contribution >= 4 is 6.47 Å². The van der Waals surface area contributed by atoms with Gasteiger partial charge in [-0.05, 0) is 12.8 Å². The van der Waals surface area contributed by atoms with E-state index in [1.54, 1.807) is 6.08 Å². The van der Waals surface area contributed by atoms with Crippen LogP contribution in [0.3, 0.4) is 0 Å². The minimum atomic E-state index is -0.135. The van der Waals surface area contributed by atoms with Crippen molar-refractivity contribution in [2.75, 3.05) is 0 Å². The van der Waals surface area contributed by atoms with Gasteiger partial charge in [-0.3, -0.25) is 4.79 Å². The molecule has 0 amide bonds. The van der Waals surface area contributed by atoms with Crippen molar-refractivity contribution in [3.63, 3.8) is 0 Å². The van der Waals surface area contributed by atoms with Gasteiger partial charge in [0.05, 0.1) is 0 Å². The van der Waals surface area contributed by atoms with Gasteiger partial charge in [-0.1, -0.05) is 6.08 Å². The monoisotopic (exact) mass is 126 g/mol. The average molecular weight is 126 g/mol. The first-order chi connectivity index (χ1) is 4.33. The van der Waals surface area contributed by atoms with E-state index in [0.29, 0.717) is 6.47 Å². The van der Waals surface area contributed by atoms with E-state index in [1.807, 2.05) is 0 Å². The lowest BCUT2D eigenvalue weighted by Crippen LogP contribution is -2.10. The molecule has 0 heterocycles. The standard InChI is InChI=1S/C7H10O2/c1-2-3-7(4-5-7)9-6-8/h2,6H,1,3-5H2. The van der Waals surface area contributed by atoms with E-state index in [0.717, 1.165) is 19.3 Å². The molecule has 2 nitrogen and oxygen atoms in total. The van der Waals surface area contributed by atoms with Gasteiger partial charge in [0.2, 0.25) is 0 Å². The molecule has 1 saturated carbocycles. The van der Waals surface area contributed by atoms with Crippen LogP contribution < -0.4 is 0 Å². The normalized spacial score (nSPS) is 20.4. The van der Waals surface area contributed by atoms with Crippen LogP contribution >= 0.6 is 0 Å². The third kappa shape index (κ3) is 1.31. The highest BCUT2D eigenvalue weighted by atomic mass is 16.5. The van der Waals surface area contributed by atoms with Crippen LogP contribution in [0.2, 0.25) is 0 Å². The molecule has 1 aliphatic rings. The first kappa shape index (κ1) is 6.33. The summed E-state index contributed by atoms with van der Waals surface area (Å²) in [5, 5.41) is 0. The van der Waals surface area contributed by atoms with Gasteiger partial charge in [-0.15, -0.1) is 6.58 Å². The van der Waals surface area contributed by atoms with E-state index < -0.39 is 0 Å². The second-order valence-electron chi connectivity index (χ2n) is 2.39. The summed E-state index contributed by atoms with van der Waals surface area (Å²) >= 11 is 0. The molecule has 0 aromatic rings. The molecule has 0 saturated heterocycles. The molecule has 0 aromatic carbocycles. The molecule has 0 atom stereocenters. The zero-order valence-corrected chi connectivity index (χ0v) is 5.30. The van der Waals surface area contributed by atoms with Gasteiger partial charge in [-0.2, -0.15) is 0 Å². The largest absolute Gasteiger partial charge is 0.461 e. The van der Waals surface area contributed by atoms with Crippen LogP contribution in [0, 0.1) is 0 Å². The number of ether oxygens (including phenoxy) is 1. The van der Waals surface area contributed by atoms with Crippen LogP contribution in [0.1, 0.15) is 19.3 Å². The van der Waals surface area contributed by atoms with Crippen LogP contribution in [-0.4, -0.2) is 12.1 Å². The highest BCUT2D eigenvalue weighted by Crippen LogP contribution is 2.42. The molecule has 0 spiro atoms. The highest BCUT2D eigenvalue weighted by Gasteiger charge is 2.43. The van der Waals surface area contributed by atoms with Crippen LogP contribution in [0.4, 0.5) is 0 Å². The van der Waals surface area contributed by atoms with Gasteiger partial charge in [0, 0.05) is 6.42 Å². The van der Waals surface area contributed by atoms with Crippen molar-refractivity contribution in [1.29, 1.82) is 0 Å². The highest BCUT2D eigenvalue weighted by molar-refractivity contribution is 5.39. The fourth-order valence-corrected chi connectivity index (χ4v) is 0.875. The molecule has 0 aliphatic heterocycles. The lowest BCUT2D eigenvalue weighted by atomic mass is 10.2. The predicted octanol–water partition coefficient (Wildman–Crippen LogP) is 1.27. The number of hydrogen-bond acceptors (Lipinski definition) is 2. The molecule has 50 valence electrons. The van der Waals surface area contributed by atoms with Crippen molar-refractivity contribution in [2.24, 2.45) is 0 Å². The Morgan fingerprint density at radius 2 is 2.33 bits per heavy atom. The summed E-state index contributed by atoms with van der Waals surface area (Å²) in [6, 6.07) is 0. The predicted molar refractivity (Wildman–Crippen MR) is 33.9 cm³/mol. The maximum atomic E-state index is 9.88. The Morgan fingerprint density at radius 1 is 1.67 bits per heavy atom. The molecular formula is C7H10O2. The molecule has 0 radical (unpaired) electrons. The van der Waals surface area contributed by atoms with E-state index in [-0.39, 0.29) is 5.60 Å². The average Bonchev–Trinajstić information content (AvgIpc) is 2.51. The molecule has 0 N–H and O–H groups in total. The van der Waals surface area contributed by atoms with E-state index in [9.17, 15) is 4.79 Å². The summed E-state index contributed by atoms with van der Waals surface area (Å²) in [5.74, 6) is 0. The number of rotatable bonds is 4. The Balaban J connectivity index is 2.32. The zero-order valence-electron chi connectivity index (χ0n) is 5.30. The van der Waals surface area contributed by atoms with Crippen molar-refractivity contribution in [2.45, 2.75) is 24.9 Å². The molecule has 9 heavy (non-hydrogen) atoms. The van der Waals surface area contributed by atoms with E-state index in [2.05, 4.69) is 6.58 Å². The number of hydrogen-bond donors (Lipinski definition) is 0. The van der Waals surface area contributed by atoms with Gasteiger partial charge < -0.3 is 4.74 Å². The van der Waals surface area contributed by atoms with Gasteiger partial charge >= 0.3 is 0 Å². The molecule has 1 rings (SSSR count). The Labute approximate surface area is 54.5 Å². The maximum absolute atomic E-state index is 9.88. The van der Waals surface area contributed by atoms with Gasteiger partial charge in [0.1, 0.15) is 5.60 Å². The van der Waals surface area contributed by atoms with Gasteiger partial charge in [0.25, 0.3) is 6.47 Å². The Kier molecular flexibility index (Phi) is 1.56. The minimum absolute atomic E-state index is 0.135. The van der Waals surface area contributed by atoms with Crippen molar-refractivity contribution in [3.05, 3.63) is 12.7 Å². The fourth-order valence-electron chi connectivity index (χ4n) is 0.875. The summed E-state index contributed by atoms with van der Waals surface area (Å²) in [6.07, 6.45) is 4.58. The van der Waals surface area contributed by atoms with Crippen LogP contribution in [0.25, 0.3) is 0 Å². The maximum Gasteiger partial charge on any atom is 0.293 e. The van der Waals surface area contributed by atoms with E-state index in [1.165, 1.54) is 0 Å². The minimum Gasteiger partial charge on any atom is -0.461 e. The van der Waals surface area contributed by atoms with Crippen molar-refractivity contribution in [1.82, 2.24) is 0 Å². The molecule has 1 aliphatic carbocycles. The topological polar surface area (TPSA) is 26.3 Å². The van der Waals surface area contributed by atoms with E-state index in [4.69, 9.17) is 4.74 Å². The second-order valence-corrected chi connectivity index (χ2v) is 2.39. The summed E-state index contributed by atoms with van der Waals surface area (Å²) in [4.78, 5) is 9.88. The molecular weight excluding hydrogens is 116 g/mol. The van der Waals surface area contributed by atoms with E-state index >= 15 is 0 Å². The quantitative estimate of drug-likeness (QED) is 0.419. The summed E-state index contributed by atoms with van der Waals surface area (Å²) in [6.45, 7) is 4.10. The Morgan fingerprint density at radius 3 is 2.67 bits per heavy atom. The van der Waals surface area contributed by atoms with Gasteiger partial charge in [0.15, 0.2) is 0 Å². The number of carbonyl (C=O) groups is 1. The molecule has 2 heteroatoms. The second kappa shape index (κ2) is 2.21. The van der Waals surface area contributed by atoms with Crippen molar-refractivity contribution in [3.8, 4) is 0 Å². The third-order valence-corrected chi connectivity index (χ3v) is 1.62. The molecule has 0 aromatic heterocycles. The van der Waals surface area contributed by atoms with Crippen molar-refractivity contribution < 1.29 is 9.53 Å². The first-order valence-corrected chi connectivity index (χ1v) is 3.05. The first-order valence-electron chi connectivity index (χ1n) is 3.05. The summed E-state index contributed by atoms with van der Waals surface area (Å²) in [7, 11) is 0. The molecule has 0 unspecified atom stereocenters. The number of carbonyl (C=O) groups excluding carboxylic acids is 1. The van der Waals surface area contributed by atoms with Crippen LogP contribution in [0.5, 0.6) is 0 Å². The summed E-state index contributed by atoms with van der Waals surface area (Å²) in [5.41, 5.74) is -0.135. The Hall–Kier alpha value is -0.790. The SMILES string of the molecule is C=CCC1(OC=O)CC1. The lowest BCUT2D eigenvalue weighted by molar-refractivity contribution is -0.135. The molecule has 1 fully saturated rings.